The van der Waals surface area contributed by atoms with Crippen LogP contribution in [0.1, 0.15) is 110 Å². The van der Waals surface area contributed by atoms with Crippen LogP contribution in [0.2, 0.25) is 0 Å². The lowest BCUT2D eigenvalue weighted by atomic mass is 9.81. The Balaban J connectivity index is 1.29. The van der Waals surface area contributed by atoms with E-state index in [1.807, 2.05) is 0 Å². The first-order chi connectivity index (χ1) is 20.4. The molecule has 240 valence electrons. The number of carbonyl (C=O) groups is 1. The molecule has 3 aliphatic carbocycles. The molecule has 3 unspecified atom stereocenters. The molecule has 8 heteroatoms. The third-order valence-corrected chi connectivity index (χ3v) is 10.5. The second kappa shape index (κ2) is 17.3. The number of nitrogens with one attached hydrogen (secondary N) is 1. The van der Waals surface area contributed by atoms with Gasteiger partial charge in [-0.15, -0.1) is 0 Å². The van der Waals surface area contributed by atoms with Crippen molar-refractivity contribution in [2.45, 2.75) is 140 Å². The Labute approximate surface area is 254 Å². The number of hydrogen-bond donors (Lipinski definition) is 4. The van der Waals surface area contributed by atoms with Crippen LogP contribution < -0.4 is 5.32 Å². The summed E-state index contributed by atoms with van der Waals surface area (Å²) in [5, 5.41) is 36.1. The van der Waals surface area contributed by atoms with Crippen molar-refractivity contribution >= 4 is 5.91 Å². The third kappa shape index (κ3) is 9.90. The number of rotatable bonds is 12. The topological polar surface area (TPSA) is 105 Å². The SMILES string of the molecule is C[C@@H](O)[C@H]1[C@@H](CO)ON(CC2CCCC(C#CC(O)CC3CCCCC3)C2)[C@H]1C(=O)NCCCN(C)C1CCCCC1. The van der Waals surface area contributed by atoms with Crippen LogP contribution >= 0.6 is 0 Å². The molecule has 4 fully saturated rings. The molecule has 0 aromatic carbocycles. The first kappa shape index (κ1) is 33.7. The van der Waals surface area contributed by atoms with Gasteiger partial charge in [-0.1, -0.05) is 69.6 Å². The minimum atomic E-state index is -0.782. The molecule has 4 rings (SSSR count). The lowest BCUT2D eigenvalue weighted by Crippen LogP contribution is -2.50. The Bertz CT molecular complexity index is 863. The average Bonchev–Trinajstić information content (AvgIpc) is 3.38. The van der Waals surface area contributed by atoms with Gasteiger partial charge in [0, 0.05) is 31.0 Å². The number of nitrogens with zero attached hydrogens (tertiary/aromatic N) is 2. The van der Waals surface area contributed by atoms with E-state index in [2.05, 4.69) is 29.1 Å². The zero-order chi connectivity index (χ0) is 29.9. The van der Waals surface area contributed by atoms with Gasteiger partial charge in [-0.25, -0.2) is 0 Å². The van der Waals surface area contributed by atoms with Crippen molar-refractivity contribution < 1.29 is 25.0 Å². The van der Waals surface area contributed by atoms with Crippen LogP contribution in [0.5, 0.6) is 0 Å². The highest BCUT2D eigenvalue weighted by Crippen LogP contribution is 2.35. The fourth-order valence-electron chi connectivity index (χ4n) is 8.10. The van der Waals surface area contributed by atoms with E-state index in [1.165, 1.54) is 64.2 Å². The van der Waals surface area contributed by atoms with Gasteiger partial charge < -0.3 is 25.5 Å². The molecule has 3 saturated carbocycles. The molecule has 1 amide bonds. The molecule has 0 bridgehead atoms. The highest BCUT2D eigenvalue weighted by molar-refractivity contribution is 5.82. The highest BCUT2D eigenvalue weighted by Gasteiger charge is 2.49. The number of hydroxylamine groups is 2. The Morgan fingerprint density at radius 3 is 2.38 bits per heavy atom. The molecule has 42 heavy (non-hydrogen) atoms. The van der Waals surface area contributed by atoms with Gasteiger partial charge in [-0.3, -0.25) is 9.63 Å². The number of carbonyl (C=O) groups excluding carboxylic acids is 1. The first-order valence-corrected chi connectivity index (χ1v) is 17.2. The predicted octanol–water partition coefficient (Wildman–Crippen LogP) is 3.87. The highest BCUT2D eigenvalue weighted by atomic mass is 16.7. The van der Waals surface area contributed by atoms with Gasteiger partial charge in [0.25, 0.3) is 0 Å². The molecule has 1 saturated heterocycles. The van der Waals surface area contributed by atoms with Crippen molar-refractivity contribution in [1.29, 1.82) is 0 Å². The van der Waals surface area contributed by atoms with Crippen LogP contribution in [0.25, 0.3) is 0 Å². The van der Waals surface area contributed by atoms with Gasteiger partial charge in [-0.05, 0) is 77.3 Å². The normalized spacial score (nSPS) is 31.4. The van der Waals surface area contributed by atoms with Crippen molar-refractivity contribution in [3.63, 3.8) is 0 Å². The number of amides is 1. The molecule has 4 aliphatic rings. The third-order valence-electron chi connectivity index (χ3n) is 10.5. The number of hydrogen-bond acceptors (Lipinski definition) is 7. The minimum absolute atomic E-state index is 0.129. The molecular formula is C34H59N3O5. The van der Waals surface area contributed by atoms with E-state index in [-0.39, 0.29) is 18.4 Å². The van der Waals surface area contributed by atoms with Crippen LogP contribution in [0.4, 0.5) is 0 Å². The average molecular weight is 590 g/mol. The van der Waals surface area contributed by atoms with E-state index in [9.17, 15) is 20.1 Å². The molecule has 1 heterocycles. The Morgan fingerprint density at radius 1 is 1.00 bits per heavy atom. The number of aliphatic hydroxyl groups is 3. The van der Waals surface area contributed by atoms with Crippen LogP contribution in [0.15, 0.2) is 0 Å². The van der Waals surface area contributed by atoms with E-state index in [0.717, 1.165) is 45.1 Å². The molecule has 1 aliphatic heterocycles. The zero-order valence-electron chi connectivity index (χ0n) is 26.4. The van der Waals surface area contributed by atoms with E-state index in [4.69, 9.17) is 4.84 Å². The maximum atomic E-state index is 13.5. The monoisotopic (exact) mass is 589 g/mol. The molecule has 0 aromatic heterocycles. The lowest BCUT2D eigenvalue weighted by molar-refractivity contribution is -0.183. The fourth-order valence-corrected chi connectivity index (χ4v) is 8.10. The largest absolute Gasteiger partial charge is 0.394 e. The molecule has 7 atom stereocenters. The Kier molecular flexibility index (Phi) is 13.9. The summed E-state index contributed by atoms with van der Waals surface area (Å²) in [6.07, 6.45) is 16.6. The van der Waals surface area contributed by atoms with Crippen molar-refractivity contribution in [2.75, 3.05) is 33.3 Å². The molecule has 0 spiro atoms. The number of aliphatic hydroxyl groups excluding tert-OH is 3. The molecule has 0 radical (unpaired) electrons. The van der Waals surface area contributed by atoms with Gasteiger partial charge in [0.15, 0.2) is 0 Å². The summed E-state index contributed by atoms with van der Waals surface area (Å²) in [7, 11) is 2.19. The summed E-state index contributed by atoms with van der Waals surface area (Å²) < 4.78 is 0. The van der Waals surface area contributed by atoms with Gasteiger partial charge in [0.2, 0.25) is 5.91 Å². The summed E-state index contributed by atoms with van der Waals surface area (Å²) in [4.78, 5) is 22.1. The quantitative estimate of drug-likeness (QED) is 0.202. The van der Waals surface area contributed by atoms with E-state index < -0.39 is 30.3 Å². The van der Waals surface area contributed by atoms with Crippen molar-refractivity contribution in [3.05, 3.63) is 0 Å². The van der Waals surface area contributed by atoms with Gasteiger partial charge >= 0.3 is 0 Å². The maximum Gasteiger partial charge on any atom is 0.240 e. The van der Waals surface area contributed by atoms with Crippen LogP contribution in [-0.4, -0.2) is 94.9 Å². The van der Waals surface area contributed by atoms with E-state index >= 15 is 0 Å². The Hall–Kier alpha value is -1.21. The Morgan fingerprint density at radius 2 is 1.69 bits per heavy atom. The van der Waals surface area contributed by atoms with Crippen LogP contribution in [-0.2, 0) is 9.63 Å². The maximum absolute atomic E-state index is 13.5. The van der Waals surface area contributed by atoms with Gasteiger partial charge in [0.1, 0.15) is 18.2 Å². The van der Waals surface area contributed by atoms with Crippen molar-refractivity contribution in [3.8, 4) is 11.8 Å². The minimum Gasteiger partial charge on any atom is -0.394 e. The molecule has 0 aromatic rings. The van der Waals surface area contributed by atoms with E-state index in [1.54, 1.807) is 12.0 Å². The van der Waals surface area contributed by atoms with Gasteiger partial charge in [0.05, 0.1) is 12.7 Å². The molecule has 4 N–H and O–H groups in total. The predicted molar refractivity (Wildman–Crippen MR) is 165 cm³/mol. The standard InChI is InChI=1S/C34H59N3O5/c1-25(39)32-31(24-38)42-37(33(32)34(41)35-19-10-20-36(2)29-15-7-4-8-16-29)23-28-14-9-13-27(21-28)17-18-30(40)22-26-11-5-3-6-12-26/h25-33,38-40H,3-16,19-24H2,1-2H3,(H,35,41)/t25-,27?,28?,30?,31-,32+,33-/m1/s1. The summed E-state index contributed by atoms with van der Waals surface area (Å²) in [6.45, 7) is 3.56. The summed E-state index contributed by atoms with van der Waals surface area (Å²) in [5.41, 5.74) is 0. The molecule has 8 nitrogen and oxygen atoms in total. The zero-order valence-corrected chi connectivity index (χ0v) is 26.4. The molecular weight excluding hydrogens is 530 g/mol. The second-order valence-corrected chi connectivity index (χ2v) is 13.9. The first-order valence-electron chi connectivity index (χ1n) is 17.2. The lowest BCUT2D eigenvalue weighted by Gasteiger charge is -2.32. The summed E-state index contributed by atoms with van der Waals surface area (Å²) >= 11 is 0. The summed E-state index contributed by atoms with van der Waals surface area (Å²) in [6, 6.07) is 0.0178. The van der Waals surface area contributed by atoms with Crippen LogP contribution in [0.3, 0.4) is 0 Å². The van der Waals surface area contributed by atoms with Crippen LogP contribution in [0, 0.1) is 35.5 Å². The smallest absolute Gasteiger partial charge is 0.240 e. The van der Waals surface area contributed by atoms with Crippen molar-refractivity contribution in [1.82, 2.24) is 15.3 Å². The summed E-state index contributed by atoms with van der Waals surface area (Å²) in [5.74, 6) is 7.09. The van der Waals surface area contributed by atoms with E-state index in [0.29, 0.717) is 31.0 Å². The fraction of sp³-hybridized carbons (Fsp3) is 0.912. The van der Waals surface area contributed by atoms with Crippen molar-refractivity contribution in [2.24, 2.45) is 23.7 Å². The second-order valence-electron chi connectivity index (χ2n) is 13.9. The van der Waals surface area contributed by atoms with Gasteiger partial charge in [-0.2, -0.15) is 5.06 Å².